The maximum Gasteiger partial charge on any atom is 0.219 e. The van der Waals surface area contributed by atoms with Crippen LogP contribution in [-0.4, -0.2) is 144 Å². The molecule has 11 rings (SSSR count). The fraction of sp³-hybridized carbons (Fsp3) is 0.417. The number of nitriles is 1. The Labute approximate surface area is 395 Å². The third-order valence-electron chi connectivity index (χ3n) is 13.5. The molecule has 3 aromatic carbocycles. The Hall–Kier alpha value is -6.26. The second kappa shape index (κ2) is 20.3. The van der Waals surface area contributed by atoms with Crippen LogP contribution in [-0.2, 0) is 19.6 Å². The second-order valence-electron chi connectivity index (χ2n) is 17.6. The number of amides is 1. The van der Waals surface area contributed by atoms with Crippen LogP contribution in [0.25, 0.3) is 32.7 Å². The Balaban J connectivity index is 0.000000127. The number of nitrogens with one attached hydrogen (secondary N) is 3. The fourth-order valence-electron chi connectivity index (χ4n) is 9.80. The number of ether oxygens (including phenoxy) is 1. The molecule has 7 aromatic rings. The monoisotopic (exact) mass is 945 g/mol. The molecule has 0 bridgehead atoms. The van der Waals surface area contributed by atoms with E-state index < -0.39 is 10.0 Å². The molecule has 0 atom stereocenters. The molecule has 0 saturated carbocycles. The summed E-state index contributed by atoms with van der Waals surface area (Å²) < 4.78 is 30.6. The zero-order chi connectivity index (χ0) is 46.5. The third-order valence-corrected chi connectivity index (χ3v) is 15.0. The molecule has 4 aliphatic rings. The molecule has 19 heteroatoms. The van der Waals surface area contributed by atoms with Crippen LogP contribution in [0, 0.1) is 11.3 Å². The van der Waals surface area contributed by atoms with Gasteiger partial charge in [0.2, 0.25) is 15.9 Å². The fourth-order valence-corrected chi connectivity index (χ4v) is 10.9. The van der Waals surface area contributed by atoms with E-state index in [9.17, 15) is 13.2 Å². The number of fused-ring (bicyclic) bond motifs is 3. The number of hydrogen-bond acceptors (Lipinski definition) is 12. The van der Waals surface area contributed by atoms with Crippen molar-refractivity contribution < 1.29 is 17.9 Å². The molecule has 4 aromatic heterocycles. The van der Waals surface area contributed by atoms with Crippen LogP contribution in [0.4, 0.5) is 17.2 Å². The van der Waals surface area contributed by atoms with Gasteiger partial charge >= 0.3 is 0 Å². The van der Waals surface area contributed by atoms with Crippen molar-refractivity contribution in [3.8, 4) is 6.07 Å². The van der Waals surface area contributed by atoms with Gasteiger partial charge in [-0.15, -0.1) is 0 Å². The quantitative estimate of drug-likeness (QED) is 0.161. The molecular weight excluding hydrogens is 890 g/mol. The van der Waals surface area contributed by atoms with E-state index in [0.29, 0.717) is 43.6 Å². The summed E-state index contributed by atoms with van der Waals surface area (Å²) in [6, 6.07) is 20.4. The van der Waals surface area contributed by atoms with Crippen LogP contribution in [0.15, 0.2) is 79.4 Å². The molecule has 0 aliphatic carbocycles. The molecule has 4 aliphatic heterocycles. The van der Waals surface area contributed by atoms with Gasteiger partial charge in [-0.05, 0) is 91.1 Å². The Morgan fingerprint density at radius 1 is 0.716 bits per heavy atom. The number of H-pyrrole nitrogens is 3. The summed E-state index contributed by atoms with van der Waals surface area (Å²) >= 11 is 6.23. The third kappa shape index (κ3) is 10.5. The highest BCUT2D eigenvalue weighted by molar-refractivity contribution is 7.88. The maximum absolute atomic E-state index is 11.8. The topological polar surface area (TPSA) is 199 Å². The van der Waals surface area contributed by atoms with E-state index in [1.54, 1.807) is 23.5 Å². The number of piperazine rings is 2. The van der Waals surface area contributed by atoms with Gasteiger partial charge in [-0.1, -0.05) is 23.7 Å². The molecule has 0 unspecified atom stereocenters. The van der Waals surface area contributed by atoms with Crippen LogP contribution < -0.4 is 14.7 Å². The average Bonchev–Trinajstić information content (AvgIpc) is 4.16. The predicted octanol–water partition coefficient (Wildman–Crippen LogP) is 6.64. The number of aromatic nitrogens is 7. The van der Waals surface area contributed by atoms with Gasteiger partial charge in [-0.3, -0.25) is 20.1 Å². The summed E-state index contributed by atoms with van der Waals surface area (Å²) in [7, 11) is -3.09. The summed E-state index contributed by atoms with van der Waals surface area (Å²) in [5, 5.41) is 34.6. The summed E-state index contributed by atoms with van der Waals surface area (Å²) in [5.74, 6) is 2.08. The Kier molecular flexibility index (Phi) is 13.9. The van der Waals surface area contributed by atoms with Gasteiger partial charge in [0.1, 0.15) is 5.82 Å². The van der Waals surface area contributed by atoms with Gasteiger partial charge in [-0.25, -0.2) is 17.7 Å². The van der Waals surface area contributed by atoms with Gasteiger partial charge in [0.15, 0.2) is 0 Å². The first-order chi connectivity index (χ1) is 32.5. The number of hydrogen-bond donors (Lipinski definition) is 3. The van der Waals surface area contributed by atoms with Crippen molar-refractivity contribution >= 4 is 77.4 Å². The van der Waals surface area contributed by atoms with Crippen molar-refractivity contribution in [2.24, 2.45) is 0 Å². The van der Waals surface area contributed by atoms with Crippen LogP contribution >= 0.6 is 11.6 Å². The van der Waals surface area contributed by atoms with Gasteiger partial charge in [0, 0.05) is 124 Å². The van der Waals surface area contributed by atoms with Crippen molar-refractivity contribution in [3.05, 3.63) is 101 Å². The first-order valence-electron chi connectivity index (χ1n) is 22.9. The van der Waals surface area contributed by atoms with Crippen molar-refractivity contribution in [2.45, 2.75) is 44.4 Å². The number of aromatic amines is 3. The molecule has 0 radical (unpaired) electrons. The van der Waals surface area contributed by atoms with E-state index in [-0.39, 0.29) is 5.91 Å². The lowest BCUT2D eigenvalue weighted by atomic mass is 9.83. The first-order valence-corrected chi connectivity index (χ1v) is 25.2. The molecule has 8 heterocycles. The van der Waals surface area contributed by atoms with Crippen molar-refractivity contribution in [1.29, 1.82) is 5.26 Å². The number of sulfonamides is 1. The minimum absolute atomic E-state index is 0.115. The van der Waals surface area contributed by atoms with Crippen LogP contribution in [0.2, 0.25) is 5.02 Å². The van der Waals surface area contributed by atoms with E-state index in [2.05, 4.69) is 74.5 Å². The van der Waals surface area contributed by atoms with Gasteiger partial charge in [0.25, 0.3) is 0 Å². The predicted molar refractivity (Wildman–Crippen MR) is 262 cm³/mol. The standard InChI is InChI=1S/C18H25N3O3S.C16H16ClN5.C14H15N5O/c1-25(22,23)21-6-2-14(3-7-21)16-10-15(13-4-8-24-9-5-13)11-18-17(16)12-19-20-18;17-12-9-14-13(11-19-20-14)15(10-12)21-5-7-22(8-6-21)16-3-1-2-4-18-16;1-10(20)18-2-4-19(5-3-18)14-7-11(8-15)6-13-12(14)9-16-17-13/h10-14H,2-9H2,1H3,(H,19,20);1-4,9-11H,5-8H2,(H,19,20);6-7,9H,2-5H2,1H3,(H,16,17). The minimum Gasteiger partial charge on any atom is -0.381 e. The lowest BCUT2D eigenvalue weighted by Gasteiger charge is -2.37. The highest BCUT2D eigenvalue weighted by Crippen LogP contribution is 2.38. The maximum atomic E-state index is 11.8. The number of carbonyl (C=O) groups excluding carboxylic acids is 1. The van der Waals surface area contributed by atoms with Gasteiger partial charge in [0.05, 0.1) is 53.0 Å². The molecule has 4 fully saturated rings. The molecule has 3 N–H and O–H groups in total. The minimum atomic E-state index is -3.09. The largest absolute Gasteiger partial charge is 0.381 e. The number of nitrogens with zero attached hydrogens (tertiary/aromatic N) is 10. The smallest absolute Gasteiger partial charge is 0.219 e. The molecule has 0 spiro atoms. The van der Waals surface area contributed by atoms with Gasteiger partial charge in [-0.2, -0.15) is 20.6 Å². The summed E-state index contributed by atoms with van der Waals surface area (Å²) in [6.45, 7) is 11.2. The number of anilines is 3. The second-order valence-corrected chi connectivity index (χ2v) is 20.0. The van der Waals surface area contributed by atoms with Crippen LogP contribution in [0.1, 0.15) is 61.1 Å². The SMILES string of the molecule is CC(=O)N1CCN(c2cc(C#N)cc3[nH]ncc23)CC1.CS(=O)(=O)N1CCC(c2cc(C3CCOCC3)cc3[nH]ncc23)CC1.Clc1cc(N2CCN(c3ccccn3)CC2)c2cn[nH]c2c1. The number of benzene rings is 3. The van der Waals surface area contributed by atoms with Crippen molar-refractivity contribution in [3.63, 3.8) is 0 Å². The van der Waals surface area contributed by atoms with Crippen molar-refractivity contribution in [1.82, 2.24) is 44.8 Å². The number of piperidine rings is 1. The molecular formula is C48H56ClN13O4S. The highest BCUT2D eigenvalue weighted by Gasteiger charge is 2.29. The number of halogens is 1. The molecule has 4 saturated heterocycles. The molecule has 17 nitrogen and oxygen atoms in total. The lowest BCUT2D eigenvalue weighted by molar-refractivity contribution is -0.129. The highest BCUT2D eigenvalue weighted by atomic mass is 35.5. The lowest BCUT2D eigenvalue weighted by Crippen LogP contribution is -2.48. The Bertz CT molecular complexity index is 2960. The van der Waals surface area contributed by atoms with Crippen LogP contribution in [0.3, 0.4) is 0 Å². The van der Waals surface area contributed by atoms with E-state index >= 15 is 0 Å². The summed E-state index contributed by atoms with van der Waals surface area (Å²) in [4.78, 5) is 24.5. The van der Waals surface area contributed by atoms with E-state index in [4.69, 9.17) is 21.6 Å². The summed E-state index contributed by atoms with van der Waals surface area (Å²) in [5.41, 5.74) is 8.40. The molecule has 1 amide bonds. The molecule has 67 heavy (non-hydrogen) atoms. The van der Waals surface area contributed by atoms with E-state index in [1.165, 1.54) is 22.8 Å². The first kappa shape index (κ1) is 45.9. The van der Waals surface area contributed by atoms with Gasteiger partial charge < -0.3 is 24.3 Å². The number of pyridine rings is 1. The Morgan fingerprint density at radius 3 is 1.90 bits per heavy atom. The number of carbonyl (C=O) groups is 1. The van der Waals surface area contributed by atoms with Crippen molar-refractivity contribution in [2.75, 3.05) is 99.6 Å². The van der Waals surface area contributed by atoms with E-state index in [0.717, 1.165) is 128 Å². The van der Waals surface area contributed by atoms with Crippen LogP contribution in [0.5, 0.6) is 0 Å². The van der Waals surface area contributed by atoms with E-state index in [1.807, 2.05) is 53.8 Å². The normalized spacial score (nSPS) is 17.8. The molecule has 350 valence electrons. The zero-order valence-electron chi connectivity index (χ0n) is 37.9. The zero-order valence-corrected chi connectivity index (χ0v) is 39.4. The number of rotatable bonds is 6. The Morgan fingerprint density at radius 2 is 1.30 bits per heavy atom. The summed E-state index contributed by atoms with van der Waals surface area (Å²) in [6.07, 6.45) is 12.5. The average molecular weight is 947 g/mol.